The molecular weight excluding hydrogens is 176 g/mol. The monoisotopic (exact) mass is 190 g/mol. The number of carboxylic acid groups (broad SMARTS) is 1. The molecule has 14 heavy (non-hydrogen) atoms. The van der Waals surface area contributed by atoms with E-state index >= 15 is 0 Å². The van der Waals surface area contributed by atoms with E-state index in [9.17, 15) is 4.79 Å². The maximum absolute atomic E-state index is 11.0. The maximum atomic E-state index is 11.0. The van der Waals surface area contributed by atoms with Crippen molar-refractivity contribution in [3.63, 3.8) is 0 Å². The zero-order chi connectivity index (χ0) is 10.3. The lowest BCUT2D eigenvalue weighted by Crippen LogP contribution is -2.07. The molecule has 1 aliphatic carbocycles. The fourth-order valence-corrected chi connectivity index (χ4v) is 2.29. The van der Waals surface area contributed by atoms with E-state index in [1.54, 1.807) is 0 Å². The number of benzene rings is 1. The maximum Gasteiger partial charge on any atom is 0.311 e. The fourth-order valence-electron chi connectivity index (χ4n) is 2.29. The Hall–Kier alpha value is -1.31. The van der Waals surface area contributed by atoms with Crippen LogP contribution in [0, 0.1) is 6.92 Å². The SMILES string of the molecule is Cc1ccc2c(c1)C(C(=O)O)CC2C. The molecule has 2 atom stereocenters. The van der Waals surface area contributed by atoms with Gasteiger partial charge in [-0.25, -0.2) is 0 Å². The molecule has 2 nitrogen and oxygen atoms in total. The number of aryl methyl sites for hydroxylation is 1. The third kappa shape index (κ3) is 1.31. The first-order valence-electron chi connectivity index (χ1n) is 4.93. The van der Waals surface area contributed by atoms with Crippen molar-refractivity contribution in [2.45, 2.75) is 32.1 Å². The number of hydrogen-bond donors (Lipinski definition) is 1. The van der Waals surface area contributed by atoms with Gasteiger partial charge in [-0.05, 0) is 30.4 Å². The molecule has 0 fully saturated rings. The molecule has 0 spiro atoms. The van der Waals surface area contributed by atoms with Crippen LogP contribution >= 0.6 is 0 Å². The first-order valence-corrected chi connectivity index (χ1v) is 4.93. The van der Waals surface area contributed by atoms with Gasteiger partial charge in [0.05, 0.1) is 5.92 Å². The molecule has 2 rings (SSSR count). The highest BCUT2D eigenvalue weighted by atomic mass is 16.4. The van der Waals surface area contributed by atoms with Crippen LogP contribution in [0.3, 0.4) is 0 Å². The number of fused-ring (bicyclic) bond motifs is 1. The van der Waals surface area contributed by atoms with E-state index in [1.165, 1.54) is 5.56 Å². The molecule has 0 saturated carbocycles. The van der Waals surface area contributed by atoms with Crippen molar-refractivity contribution in [3.8, 4) is 0 Å². The van der Waals surface area contributed by atoms with Gasteiger partial charge in [0.15, 0.2) is 0 Å². The van der Waals surface area contributed by atoms with Crippen LogP contribution in [0.5, 0.6) is 0 Å². The van der Waals surface area contributed by atoms with Gasteiger partial charge in [-0.3, -0.25) is 4.79 Å². The Morgan fingerprint density at radius 2 is 2.14 bits per heavy atom. The molecule has 0 aliphatic heterocycles. The summed E-state index contributed by atoms with van der Waals surface area (Å²) in [5.41, 5.74) is 3.37. The summed E-state index contributed by atoms with van der Waals surface area (Å²) in [5, 5.41) is 9.07. The second-order valence-corrected chi connectivity index (χ2v) is 4.16. The molecular formula is C12H14O2. The van der Waals surface area contributed by atoms with Crippen LogP contribution in [0.2, 0.25) is 0 Å². The predicted octanol–water partition coefficient (Wildman–Crippen LogP) is 2.67. The molecule has 0 radical (unpaired) electrons. The van der Waals surface area contributed by atoms with E-state index in [0.717, 1.165) is 17.5 Å². The summed E-state index contributed by atoms with van der Waals surface area (Å²) in [4.78, 5) is 11.0. The number of carbonyl (C=O) groups is 1. The van der Waals surface area contributed by atoms with Crippen molar-refractivity contribution < 1.29 is 9.90 Å². The molecule has 74 valence electrons. The van der Waals surface area contributed by atoms with Crippen molar-refractivity contribution in [1.82, 2.24) is 0 Å². The van der Waals surface area contributed by atoms with E-state index in [-0.39, 0.29) is 5.92 Å². The Morgan fingerprint density at radius 3 is 2.79 bits per heavy atom. The molecule has 0 amide bonds. The van der Waals surface area contributed by atoms with Gasteiger partial charge in [-0.15, -0.1) is 0 Å². The van der Waals surface area contributed by atoms with Crippen LogP contribution in [0.25, 0.3) is 0 Å². The Labute approximate surface area is 83.6 Å². The summed E-state index contributed by atoms with van der Waals surface area (Å²) in [7, 11) is 0. The molecule has 0 aromatic heterocycles. The zero-order valence-corrected chi connectivity index (χ0v) is 8.45. The van der Waals surface area contributed by atoms with Crippen LogP contribution in [0.1, 0.15) is 41.9 Å². The third-order valence-corrected chi connectivity index (χ3v) is 3.04. The van der Waals surface area contributed by atoms with Crippen molar-refractivity contribution in [3.05, 3.63) is 34.9 Å². The topological polar surface area (TPSA) is 37.3 Å². The quantitative estimate of drug-likeness (QED) is 0.739. The predicted molar refractivity (Wildman–Crippen MR) is 54.6 cm³/mol. The highest BCUT2D eigenvalue weighted by Crippen LogP contribution is 2.41. The van der Waals surface area contributed by atoms with E-state index in [1.807, 2.05) is 13.0 Å². The highest BCUT2D eigenvalue weighted by molar-refractivity contribution is 5.78. The largest absolute Gasteiger partial charge is 0.481 e. The normalized spacial score (nSPS) is 24.7. The van der Waals surface area contributed by atoms with Gasteiger partial charge in [-0.1, -0.05) is 30.7 Å². The van der Waals surface area contributed by atoms with Gasteiger partial charge >= 0.3 is 5.97 Å². The lowest BCUT2D eigenvalue weighted by Gasteiger charge is -2.06. The third-order valence-electron chi connectivity index (χ3n) is 3.04. The standard InChI is InChI=1S/C12H14O2/c1-7-3-4-9-8(2)6-11(12(13)14)10(9)5-7/h3-5,8,11H,6H2,1-2H3,(H,13,14). The van der Waals surface area contributed by atoms with Crippen LogP contribution in [0.15, 0.2) is 18.2 Å². The van der Waals surface area contributed by atoms with E-state index < -0.39 is 5.97 Å². The number of carboxylic acids is 1. The average Bonchev–Trinajstić information content (AvgIpc) is 2.43. The van der Waals surface area contributed by atoms with Gasteiger partial charge in [0.1, 0.15) is 0 Å². The van der Waals surface area contributed by atoms with Crippen molar-refractivity contribution in [1.29, 1.82) is 0 Å². The molecule has 1 aromatic carbocycles. The fraction of sp³-hybridized carbons (Fsp3) is 0.417. The smallest absolute Gasteiger partial charge is 0.311 e. The second kappa shape index (κ2) is 3.12. The summed E-state index contributed by atoms with van der Waals surface area (Å²) in [5.74, 6) is -0.604. The molecule has 0 saturated heterocycles. The molecule has 2 heteroatoms. The lowest BCUT2D eigenvalue weighted by atomic mass is 10.00. The summed E-state index contributed by atoms with van der Waals surface area (Å²) in [6.07, 6.45) is 0.744. The Balaban J connectivity index is 2.51. The van der Waals surface area contributed by atoms with Crippen LogP contribution in [-0.2, 0) is 4.79 Å². The second-order valence-electron chi connectivity index (χ2n) is 4.16. The van der Waals surface area contributed by atoms with Crippen LogP contribution < -0.4 is 0 Å². The summed E-state index contributed by atoms with van der Waals surface area (Å²) < 4.78 is 0. The van der Waals surface area contributed by atoms with Gasteiger partial charge < -0.3 is 5.11 Å². The van der Waals surface area contributed by atoms with Gasteiger partial charge in [0, 0.05) is 0 Å². The minimum Gasteiger partial charge on any atom is -0.481 e. The minimum atomic E-state index is -0.693. The lowest BCUT2D eigenvalue weighted by molar-refractivity contribution is -0.138. The summed E-state index contributed by atoms with van der Waals surface area (Å²) in [6, 6.07) is 6.13. The van der Waals surface area contributed by atoms with Crippen molar-refractivity contribution >= 4 is 5.97 Å². The average molecular weight is 190 g/mol. The summed E-state index contributed by atoms with van der Waals surface area (Å²) in [6.45, 7) is 4.10. The molecule has 0 bridgehead atoms. The van der Waals surface area contributed by atoms with Crippen molar-refractivity contribution in [2.24, 2.45) is 0 Å². The Kier molecular flexibility index (Phi) is 2.06. The van der Waals surface area contributed by atoms with Crippen LogP contribution in [0.4, 0.5) is 0 Å². The Morgan fingerprint density at radius 1 is 1.43 bits per heavy atom. The first kappa shape index (κ1) is 9.25. The molecule has 1 aromatic rings. The Bertz CT molecular complexity index is 382. The van der Waals surface area contributed by atoms with E-state index in [0.29, 0.717) is 5.92 Å². The van der Waals surface area contributed by atoms with E-state index in [4.69, 9.17) is 5.11 Å². The first-order chi connectivity index (χ1) is 6.59. The highest BCUT2D eigenvalue weighted by Gasteiger charge is 2.32. The molecule has 1 N–H and O–H groups in total. The molecule has 2 unspecified atom stereocenters. The molecule has 0 heterocycles. The number of hydrogen-bond acceptors (Lipinski definition) is 1. The number of rotatable bonds is 1. The van der Waals surface area contributed by atoms with Gasteiger partial charge in [0.25, 0.3) is 0 Å². The van der Waals surface area contributed by atoms with Crippen LogP contribution in [-0.4, -0.2) is 11.1 Å². The van der Waals surface area contributed by atoms with E-state index in [2.05, 4.69) is 19.1 Å². The minimum absolute atomic E-state index is 0.292. The summed E-state index contributed by atoms with van der Waals surface area (Å²) >= 11 is 0. The van der Waals surface area contributed by atoms with Crippen molar-refractivity contribution in [2.75, 3.05) is 0 Å². The van der Waals surface area contributed by atoms with Gasteiger partial charge in [-0.2, -0.15) is 0 Å². The molecule has 1 aliphatic rings. The van der Waals surface area contributed by atoms with Gasteiger partial charge in [0.2, 0.25) is 0 Å². The number of aliphatic carboxylic acids is 1. The zero-order valence-electron chi connectivity index (χ0n) is 8.45.